The van der Waals surface area contributed by atoms with Crippen LogP contribution >= 0.6 is 0 Å². The fraction of sp³-hybridized carbons (Fsp3) is 0.417. The number of hydrogen-bond acceptors (Lipinski definition) is 7. The Hall–Kier alpha value is -3.26. The van der Waals surface area contributed by atoms with Gasteiger partial charge in [-0.15, -0.1) is 0 Å². The van der Waals surface area contributed by atoms with Crippen LogP contribution in [0.2, 0.25) is 0 Å². The first-order chi connectivity index (χ1) is 15.8. The average Bonchev–Trinajstić information content (AvgIpc) is 3.64. The van der Waals surface area contributed by atoms with E-state index in [4.69, 9.17) is 20.3 Å². The van der Waals surface area contributed by atoms with Gasteiger partial charge in [0.25, 0.3) is 0 Å². The Morgan fingerprint density at radius 3 is 2.59 bits per heavy atom. The zero-order chi connectivity index (χ0) is 21.5. The highest BCUT2D eigenvalue weighted by molar-refractivity contribution is 5.65. The van der Waals surface area contributed by atoms with Crippen molar-refractivity contribution in [3.63, 3.8) is 0 Å². The van der Waals surface area contributed by atoms with Crippen molar-refractivity contribution in [2.75, 3.05) is 50.0 Å². The number of pyridine rings is 1. The molecule has 1 aromatic carbocycles. The molecule has 0 spiro atoms. The van der Waals surface area contributed by atoms with Gasteiger partial charge < -0.3 is 20.1 Å². The van der Waals surface area contributed by atoms with Gasteiger partial charge >= 0.3 is 0 Å². The van der Waals surface area contributed by atoms with E-state index in [-0.39, 0.29) is 0 Å². The molecule has 0 radical (unpaired) electrons. The van der Waals surface area contributed by atoms with E-state index in [0.29, 0.717) is 19.1 Å². The summed E-state index contributed by atoms with van der Waals surface area (Å²) in [6, 6.07) is 12.0. The summed E-state index contributed by atoms with van der Waals surface area (Å²) in [5, 5.41) is 4.88. The number of rotatable bonds is 5. The van der Waals surface area contributed by atoms with Crippen LogP contribution in [0.1, 0.15) is 30.0 Å². The zero-order valence-electron chi connectivity index (χ0n) is 18.1. The van der Waals surface area contributed by atoms with Crippen molar-refractivity contribution in [2.45, 2.75) is 25.3 Å². The minimum Gasteiger partial charge on any atom is -0.486 e. The molecule has 2 fully saturated rings. The van der Waals surface area contributed by atoms with Gasteiger partial charge in [0.1, 0.15) is 19.0 Å². The highest BCUT2D eigenvalue weighted by Gasteiger charge is 2.33. The third kappa shape index (κ3) is 3.54. The number of para-hydroxylation sites is 1. The summed E-state index contributed by atoms with van der Waals surface area (Å²) in [6.07, 6.45) is 4.17. The molecular weight excluding hydrogens is 404 g/mol. The van der Waals surface area contributed by atoms with Gasteiger partial charge in [0.05, 0.1) is 11.4 Å². The van der Waals surface area contributed by atoms with Crippen LogP contribution < -0.4 is 20.1 Å². The number of anilines is 2. The molecule has 8 heteroatoms. The van der Waals surface area contributed by atoms with Crippen LogP contribution in [0.15, 0.2) is 42.6 Å². The lowest BCUT2D eigenvalue weighted by molar-refractivity contribution is 0.171. The predicted octanol–water partition coefficient (Wildman–Crippen LogP) is 2.82. The second-order valence-electron chi connectivity index (χ2n) is 8.69. The van der Waals surface area contributed by atoms with Crippen molar-refractivity contribution in [2.24, 2.45) is 0 Å². The number of aromatic nitrogens is 3. The van der Waals surface area contributed by atoms with E-state index in [1.165, 1.54) is 18.4 Å². The monoisotopic (exact) mass is 432 g/mol. The number of benzene rings is 1. The van der Waals surface area contributed by atoms with Crippen molar-refractivity contribution < 1.29 is 9.47 Å². The lowest BCUT2D eigenvalue weighted by Gasteiger charge is -2.37. The molecule has 4 heterocycles. The van der Waals surface area contributed by atoms with E-state index in [1.807, 2.05) is 35.0 Å². The van der Waals surface area contributed by atoms with Gasteiger partial charge in [-0.1, -0.05) is 12.1 Å². The minimum absolute atomic E-state index is 0.534. The fourth-order valence-corrected chi connectivity index (χ4v) is 4.66. The summed E-state index contributed by atoms with van der Waals surface area (Å²) >= 11 is 0. The Morgan fingerprint density at radius 1 is 0.969 bits per heavy atom. The third-order valence-electron chi connectivity index (χ3n) is 6.52. The maximum absolute atomic E-state index is 6.61. The lowest BCUT2D eigenvalue weighted by atomic mass is 10.1. The van der Waals surface area contributed by atoms with Gasteiger partial charge in [0, 0.05) is 50.4 Å². The molecule has 2 aliphatic heterocycles. The molecule has 8 nitrogen and oxygen atoms in total. The van der Waals surface area contributed by atoms with Gasteiger partial charge in [-0.2, -0.15) is 9.78 Å². The summed E-state index contributed by atoms with van der Waals surface area (Å²) in [4.78, 5) is 9.32. The highest BCUT2D eigenvalue weighted by atomic mass is 16.6. The normalized spacial score (nSPS) is 18.7. The van der Waals surface area contributed by atoms with Gasteiger partial charge in [0.2, 0.25) is 0 Å². The molecule has 6 rings (SSSR count). The van der Waals surface area contributed by atoms with Crippen LogP contribution in [0.3, 0.4) is 0 Å². The summed E-state index contributed by atoms with van der Waals surface area (Å²) in [6.45, 7) is 5.84. The first kappa shape index (κ1) is 19.4. The number of ether oxygens (including phenoxy) is 2. The largest absolute Gasteiger partial charge is 0.486 e. The van der Waals surface area contributed by atoms with Gasteiger partial charge in [-0.25, -0.2) is 4.98 Å². The zero-order valence-corrected chi connectivity index (χ0v) is 18.1. The van der Waals surface area contributed by atoms with E-state index < -0.39 is 0 Å². The van der Waals surface area contributed by atoms with Crippen LogP contribution in [0.25, 0.3) is 5.82 Å². The van der Waals surface area contributed by atoms with Crippen LogP contribution in [0.4, 0.5) is 11.5 Å². The molecule has 1 aliphatic carbocycles. The molecule has 0 unspecified atom stereocenters. The Morgan fingerprint density at radius 2 is 1.81 bits per heavy atom. The van der Waals surface area contributed by atoms with E-state index in [0.717, 1.165) is 67.2 Å². The maximum atomic E-state index is 6.61. The smallest absolute Gasteiger partial charge is 0.184 e. The van der Waals surface area contributed by atoms with Crippen molar-refractivity contribution >= 4 is 11.5 Å². The second kappa shape index (κ2) is 8.02. The number of piperazine rings is 1. The second-order valence-corrected chi connectivity index (χ2v) is 8.69. The molecule has 3 aliphatic rings. The van der Waals surface area contributed by atoms with Crippen LogP contribution in [0, 0.1) is 0 Å². The SMILES string of the molecule is Nc1c(CN2CCN(c3cccc4c3OCCO4)CC2)c(C2CC2)nn1-c1ccccn1. The van der Waals surface area contributed by atoms with Gasteiger partial charge in [-0.3, -0.25) is 4.90 Å². The van der Waals surface area contributed by atoms with E-state index >= 15 is 0 Å². The molecule has 0 atom stereocenters. The minimum atomic E-state index is 0.534. The first-order valence-corrected chi connectivity index (χ1v) is 11.4. The maximum Gasteiger partial charge on any atom is 0.184 e. The van der Waals surface area contributed by atoms with Crippen LogP contribution in [-0.4, -0.2) is 59.1 Å². The van der Waals surface area contributed by atoms with Crippen LogP contribution in [-0.2, 0) is 6.54 Å². The number of fused-ring (bicyclic) bond motifs is 1. The van der Waals surface area contributed by atoms with Crippen molar-refractivity contribution in [1.29, 1.82) is 0 Å². The Labute approximate surface area is 187 Å². The third-order valence-corrected chi connectivity index (χ3v) is 6.52. The number of nitrogens with two attached hydrogens (primary N) is 1. The Bertz CT molecular complexity index is 1100. The number of nitrogens with zero attached hydrogens (tertiary/aromatic N) is 5. The molecule has 2 N–H and O–H groups in total. The highest BCUT2D eigenvalue weighted by Crippen LogP contribution is 2.43. The summed E-state index contributed by atoms with van der Waals surface area (Å²) in [5.74, 6) is 3.75. The molecule has 0 amide bonds. The van der Waals surface area contributed by atoms with Gasteiger partial charge in [0.15, 0.2) is 17.3 Å². The molecule has 2 aromatic heterocycles. The first-order valence-electron chi connectivity index (χ1n) is 11.4. The summed E-state index contributed by atoms with van der Waals surface area (Å²) in [7, 11) is 0. The Balaban J connectivity index is 1.19. The van der Waals surface area contributed by atoms with Gasteiger partial charge in [-0.05, 0) is 37.1 Å². The van der Waals surface area contributed by atoms with E-state index in [1.54, 1.807) is 6.20 Å². The molecule has 166 valence electrons. The fourth-order valence-electron chi connectivity index (χ4n) is 4.66. The molecular formula is C24H28N6O2. The number of hydrogen-bond donors (Lipinski definition) is 1. The molecule has 32 heavy (non-hydrogen) atoms. The van der Waals surface area contributed by atoms with E-state index in [9.17, 15) is 0 Å². The van der Waals surface area contributed by atoms with Crippen molar-refractivity contribution in [3.8, 4) is 17.3 Å². The lowest BCUT2D eigenvalue weighted by Crippen LogP contribution is -2.46. The molecule has 0 bridgehead atoms. The Kier molecular flexibility index (Phi) is 4.87. The molecule has 3 aromatic rings. The van der Waals surface area contributed by atoms with Crippen molar-refractivity contribution in [3.05, 3.63) is 53.9 Å². The summed E-state index contributed by atoms with van der Waals surface area (Å²) in [5.41, 5.74) is 10.1. The van der Waals surface area contributed by atoms with E-state index in [2.05, 4.69) is 20.9 Å². The predicted molar refractivity (Wildman–Crippen MR) is 123 cm³/mol. The number of nitrogen functional groups attached to an aromatic ring is 1. The van der Waals surface area contributed by atoms with Crippen LogP contribution in [0.5, 0.6) is 11.5 Å². The topological polar surface area (TPSA) is 81.7 Å². The quantitative estimate of drug-likeness (QED) is 0.664. The van der Waals surface area contributed by atoms with Crippen molar-refractivity contribution in [1.82, 2.24) is 19.7 Å². The average molecular weight is 433 g/mol. The molecule has 1 saturated carbocycles. The molecule has 1 saturated heterocycles. The standard InChI is InChI=1S/C24H28N6O2/c25-24-18(22(17-7-8-17)27-30(24)21-6-1-2-9-26-21)16-28-10-12-29(13-11-28)19-4-3-5-20-23(19)32-15-14-31-20/h1-6,9,17H,7-8,10-16,25H2. The summed E-state index contributed by atoms with van der Waals surface area (Å²) < 4.78 is 13.5.